The standard InChI is InChI=1S/C13H17NO4S/c1-2-5-19(15,16)14-4-3-10-6-12-13(18-9-17-12)7-11(10)8-14/h6-7H,2-5,8-9H2,1H3. The van der Waals surface area contributed by atoms with Crippen LogP contribution in [0.15, 0.2) is 12.1 Å². The third-order valence-corrected chi connectivity index (χ3v) is 5.55. The Morgan fingerprint density at radius 2 is 1.89 bits per heavy atom. The summed E-state index contributed by atoms with van der Waals surface area (Å²) in [5, 5.41) is 0. The van der Waals surface area contributed by atoms with Gasteiger partial charge in [0.05, 0.1) is 5.75 Å². The van der Waals surface area contributed by atoms with Crippen molar-refractivity contribution in [2.45, 2.75) is 26.3 Å². The SMILES string of the molecule is CCCS(=O)(=O)N1CCc2cc3c(cc2C1)OCO3. The highest BCUT2D eigenvalue weighted by Crippen LogP contribution is 2.37. The van der Waals surface area contributed by atoms with Gasteiger partial charge in [-0.25, -0.2) is 8.42 Å². The van der Waals surface area contributed by atoms with E-state index in [1.807, 2.05) is 19.1 Å². The Kier molecular flexibility index (Phi) is 3.14. The first kappa shape index (κ1) is 12.7. The fourth-order valence-electron chi connectivity index (χ4n) is 2.54. The first-order valence-corrected chi connectivity index (χ1v) is 8.10. The number of fused-ring (bicyclic) bond motifs is 2. The van der Waals surface area contributed by atoms with Crippen LogP contribution in [0.25, 0.3) is 0 Å². The lowest BCUT2D eigenvalue weighted by Gasteiger charge is -2.28. The minimum absolute atomic E-state index is 0.215. The van der Waals surface area contributed by atoms with Gasteiger partial charge in [0, 0.05) is 13.1 Å². The molecule has 0 atom stereocenters. The fraction of sp³-hybridized carbons (Fsp3) is 0.538. The van der Waals surface area contributed by atoms with E-state index in [1.165, 1.54) is 0 Å². The molecule has 104 valence electrons. The molecular formula is C13H17NO4S. The Labute approximate surface area is 113 Å². The van der Waals surface area contributed by atoms with Crippen molar-refractivity contribution in [2.24, 2.45) is 0 Å². The predicted molar refractivity (Wildman–Crippen MR) is 70.8 cm³/mol. The molecule has 2 aliphatic heterocycles. The molecule has 0 aromatic heterocycles. The van der Waals surface area contributed by atoms with E-state index in [9.17, 15) is 8.42 Å². The van der Waals surface area contributed by atoms with Gasteiger partial charge in [-0.1, -0.05) is 6.92 Å². The number of rotatable bonds is 3. The summed E-state index contributed by atoms with van der Waals surface area (Å²) in [5.74, 6) is 1.70. The second-order valence-corrected chi connectivity index (χ2v) is 6.96. The zero-order valence-electron chi connectivity index (χ0n) is 10.9. The number of hydrogen-bond acceptors (Lipinski definition) is 4. The Bertz CT molecular complexity index is 597. The average Bonchev–Trinajstić information content (AvgIpc) is 2.82. The predicted octanol–water partition coefficient (Wildman–Crippen LogP) is 1.51. The zero-order valence-corrected chi connectivity index (χ0v) is 11.7. The molecule has 6 heteroatoms. The minimum Gasteiger partial charge on any atom is -0.454 e. The molecule has 0 N–H and O–H groups in total. The maximum atomic E-state index is 12.1. The molecule has 0 spiro atoms. The first-order chi connectivity index (χ1) is 9.10. The van der Waals surface area contributed by atoms with Crippen LogP contribution in [-0.2, 0) is 23.0 Å². The zero-order chi connectivity index (χ0) is 13.5. The molecule has 0 fully saturated rings. The van der Waals surface area contributed by atoms with E-state index in [0.29, 0.717) is 25.3 Å². The van der Waals surface area contributed by atoms with Gasteiger partial charge in [-0.15, -0.1) is 0 Å². The molecule has 1 aromatic carbocycles. The summed E-state index contributed by atoms with van der Waals surface area (Å²) in [6.07, 6.45) is 1.38. The van der Waals surface area contributed by atoms with Gasteiger partial charge < -0.3 is 9.47 Å². The molecule has 3 rings (SSSR count). The van der Waals surface area contributed by atoms with Gasteiger partial charge in [-0.3, -0.25) is 0 Å². The molecule has 0 aliphatic carbocycles. The number of nitrogens with zero attached hydrogens (tertiary/aromatic N) is 1. The van der Waals surface area contributed by atoms with Crippen molar-refractivity contribution in [1.29, 1.82) is 0 Å². The second kappa shape index (κ2) is 4.68. The van der Waals surface area contributed by atoms with Gasteiger partial charge in [0.2, 0.25) is 16.8 Å². The molecular weight excluding hydrogens is 266 g/mol. The van der Waals surface area contributed by atoms with Crippen molar-refractivity contribution in [1.82, 2.24) is 4.31 Å². The van der Waals surface area contributed by atoms with Crippen molar-refractivity contribution in [3.63, 3.8) is 0 Å². The number of benzene rings is 1. The molecule has 0 radical (unpaired) electrons. The Hall–Kier alpha value is -1.27. The molecule has 19 heavy (non-hydrogen) atoms. The van der Waals surface area contributed by atoms with E-state index in [1.54, 1.807) is 4.31 Å². The van der Waals surface area contributed by atoms with Crippen LogP contribution in [0.3, 0.4) is 0 Å². The van der Waals surface area contributed by atoms with E-state index >= 15 is 0 Å². The molecule has 0 saturated heterocycles. The number of hydrogen-bond donors (Lipinski definition) is 0. The van der Waals surface area contributed by atoms with Crippen molar-refractivity contribution >= 4 is 10.0 Å². The second-order valence-electron chi connectivity index (χ2n) is 4.87. The van der Waals surface area contributed by atoms with E-state index in [0.717, 1.165) is 23.3 Å². The average molecular weight is 283 g/mol. The summed E-state index contributed by atoms with van der Waals surface area (Å²) in [5.41, 5.74) is 2.18. The Morgan fingerprint density at radius 1 is 1.21 bits per heavy atom. The normalized spacial score (nSPS) is 18.4. The summed E-state index contributed by atoms with van der Waals surface area (Å²) in [6, 6.07) is 3.88. The van der Waals surface area contributed by atoms with Gasteiger partial charge in [0.25, 0.3) is 0 Å². The molecule has 0 unspecified atom stereocenters. The minimum atomic E-state index is -3.13. The first-order valence-electron chi connectivity index (χ1n) is 6.49. The smallest absolute Gasteiger partial charge is 0.231 e. The lowest BCUT2D eigenvalue weighted by atomic mass is 10.0. The van der Waals surface area contributed by atoms with E-state index in [4.69, 9.17) is 9.47 Å². The molecule has 0 amide bonds. The van der Waals surface area contributed by atoms with Gasteiger partial charge in [0.15, 0.2) is 11.5 Å². The molecule has 1 aromatic rings. The highest BCUT2D eigenvalue weighted by Gasteiger charge is 2.28. The summed E-state index contributed by atoms with van der Waals surface area (Å²) in [7, 11) is -3.13. The van der Waals surface area contributed by atoms with Gasteiger partial charge in [0.1, 0.15) is 0 Å². The van der Waals surface area contributed by atoms with Crippen molar-refractivity contribution in [2.75, 3.05) is 19.1 Å². The van der Waals surface area contributed by atoms with E-state index < -0.39 is 10.0 Å². The van der Waals surface area contributed by atoms with Gasteiger partial charge in [-0.05, 0) is 36.1 Å². The quantitative estimate of drug-likeness (QED) is 0.844. The van der Waals surface area contributed by atoms with Crippen LogP contribution in [0.1, 0.15) is 24.5 Å². The van der Waals surface area contributed by atoms with Crippen LogP contribution in [0.4, 0.5) is 0 Å². The topological polar surface area (TPSA) is 55.8 Å². The number of sulfonamides is 1. The highest BCUT2D eigenvalue weighted by molar-refractivity contribution is 7.89. The van der Waals surface area contributed by atoms with E-state index in [-0.39, 0.29) is 12.5 Å². The lowest BCUT2D eigenvalue weighted by Crippen LogP contribution is -2.37. The van der Waals surface area contributed by atoms with Crippen LogP contribution >= 0.6 is 0 Å². The lowest BCUT2D eigenvalue weighted by molar-refractivity contribution is 0.174. The highest BCUT2D eigenvalue weighted by atomic mass is 32.2. The fourth-order valence-corrected chi connectivity index (χ4v) is 4.02. The monoisotopic (exact) mass is 283 g/mol. The van der Waals surface area contributed by atoms with Crippen molar-refractivity contribution < 1.29 is 17.9 Å². The van der Waals surface area contributed by atoms with Crippen LogP contribution in [0.5, 0.6) is 11.5 Å². The third-order valence-electron chi connectivity index (χ3n) is 3.53. The molecule has 0 bridgehead atoms. The van der Waals surface area contributed by atoms with Crippen LogP contribution in [0, 0.1) is 0 Å². The third kappa shape index (κ3) is 2.30. The molecule has 0 saturated carbocycles. The van der Waals surface area contributed by atoms with Gasteiger partial charge >= 0.3 is 0 Å². The summed E-state index contributed by atoms with van der Waals surface area (Å²) < 4.78 is 36.5. The van der Waals surface area contributed by atoms with Crippen LogP contribution in [-0.4, -0.2) is 31.8 Å². The van der Waals surface area contributed by atoms with Crippen LogP contribution < -0.4 is 9.47 Å². The largest absolute Gasteiger partial charge is 0.454 e. The Morgan fingerprint density at radius 3 is 2.58 bits per heavy atom. The number of ether oxygens (including phenoxy) is 2. The van der Waals surface area contributed by atoms with Crippen LogP contribution in [0.2, 0.25) is 0 Å². The summed E-state index contributed by atoms with van der Waals surface area (Å²) in [4.78, 5) is 0. The van der Waals surface area contributed by atoms with Crippen molar-refractivity contribution in [3.05, 3.63) is 23.3 Å². The molecule has 5 nitrogen and oxygen atoms in total. The molecule has 2 heterocycles. The Balaban J connectivity index is 1.88. The van der Waals surface area contributed by atoms with Gasteiger partial charge in [-0.2, -0.15) is 4.31 Å². The maximum Gasteiger partial charge on any atom is 0.231 e. The summed E-state index contributed by atoms with van der Waals surface area (Å²) in [6.45, 7) is 3.12. The molecule has 2 aliphatic rings. The summed E-state index contributed by atoms with van der Waals surface area (Å²) >= 11 is 0. The van der Waals surface area contributed by atoms with Crippen molar-refractivity contribution in [3.8, 4) is 11.5 Å². The maximum absolute atomic E-state index is 12.1. The van der Waals surface area contributed by atoms with E-state index in [2.05, 4.69) is 0 Å².